The summed E-state index contributed by atoms with van der Waals surface area (Å²) in [7, 11) is 0. The summed E-state index contributed by atoms with van der Waals surface area (Å²) in [6.45, 7) is 0. The number of halogens is 1. The minimum Gasteiger partial charge on any atom is -0.216 e. The smallest absolute Gasteiger partial charge is 0.0991 e. The van der Waals surface area contributed by atoms with Gasteiger partial charge in [0.1, 0.15) is 0 Å². The van der Waals surface area contributed by atoms with Crippen molar-refractivity contribution in [3.63, 3.8) is 0 Å². The summed E-state index contributed by atoms with van der Waals surface area (Å²) in [5.74, 6) is 3.58. The first-order valence-corrected chi connectivity index (χ1v) is 12.5. The standard InChI is InChI=1S/C28H40FN/c29-21-5-3-1-2-4-6-23-7-9-24(10-8-23)11-12-25-13-17-27(18-14-25)28-19-15-26(22-30)16-20-28/h5,15-16,19-21,23-25,27H,1-4,6-14,17-18H2/b21-5+. The second-order valence-electron chi connectivity index (χ2n) is 9.92. The van der Waals surface area contributed by atoms with Crippen molar-refractivity contribution >= 4 is 0 Å². The predicted molar refractivity (Wildman–Crippen MR) is 124 cm³/mol. The summed E-state index contributed by atoms with van der Waals surface area (Å²) in [5, 5.41) is 8.97. The number of allylic oxidation sites excluding steroid dienone is 1. The molecule has 0 heterocycles. The van der Waals surface area contributed by atoms with Crippen molar-refractivity contribution < 1.29 is 4.39 Å². The molecule has 2 heteroatoms. The molecule has 0 N–H and O–H groups in total. The van der Waals surface area contributed by atoms with Crippen LogP contribution in [0, 0.1) is 29.1 Å². The third-order valence-electron chi connectivity index (χ3n) is 7.88. The highest BCUT2D eigenvalue weighted by atomic mass is 19.1. The fraction of sp³-hybridized carbons (Fsp3) is 0.679. The van der Waals surface area contributed by atoms with Crippen LogP contribution in [0.25, 0.3) is 0 Å². The Morgan fingerprint density at radius 1 is 0.767 bits per heavy atom. The number of hydrogen-bond acceptors (Lipinski definition) is 1. The molecular weight excluding hydrogens is 369 g/mol. The lowest BCUT2D eigenvalue weighted by Crippen LogP contribution is -2.17. The molecule has 2 aliphatic rings. The van der Waals surface area contributed by atoms with Crippen LogP contribution in [-0.2, 0) is 0 Å². The lowest BCUT2D eigenvalue weighted by Gasteiger charge is -2.32. The summed E-state index contributed by atoms with van der Waals surface area (Å²) < 4.78 is 11.9. The SMILES string of the molecule is N#Cc1ccc(C2CCC(CCC3CCC(CCCCC/C=C/F)CC3)CC2)cc1. The van der Waals surface area contributed by atoms with Crippen molar-refractivity contribution in [2.45, 2.75) is 102 Å². The van der Waals surface area contributed by atoms with Crippen molar-refractivity contribution in [3.8, 4) is 6.07 Å². The van der Waals surface area contributed by atoms with E-state index in [2.05, 4.69) is 18.2 Å². The highest BCUT2D eigenvalue weighted by Crippen LogP contribution is 2.40. The van der Waals surface area contributed by atoms with Gasteiger partial charge < -0.3 is 0 Å². The Kier molecular flexibility index (Phi) is 9.94. The van der Waals surface area contributed by atoms with E-state index >= 15 is 0 Å². The Morgan fingerprint density at radius 3 is 1.90 bits per heavy atom. The fourth-order valence-electron chi connectivity index (χ4n) is 5.83. The van der Waals surface area contributed by atoms with Crippen LogP contribution in [0.2, 0.25) is 0 Å². The number of hydrogen-bond donors (Lipinski definition) is 0. The molecule has 0 radical (unpaired) electrons. The molecule has 1 aromatic rings. The number of rotatable bonds is 10. The van der Waals surface area contributed by atoms with Gasteiger partial charge in [-0.15, -0.1) is 0 Å². The topological polar surface area (TPSA) is 23.8 Å². The van der Waals surface area contributed by atoms with E-state index in [1.54, 1.807) is 6.08 Å². The van der Waals surface area contributed by atoms with Crippen LogP contribution in [-0.4, -0.2) is 0 Å². The molecule has 0 aliphatic heterocycles. The van der Waals surface area contributed by atoms with Gasteiger partial charge in [0.25, 0.3) is 0 Å². The van der Waals surface area contributed by atoms with Crippen LogP contribution in [0.3, 0.4) is 0 Å². The van der Waals surface area contributed by atoms with Crippen LogP contribution in [0.4, 0.5) is 4.39 Å². The van der Waals surface area contributed by atoms with E-state index in [9.17, 15) is 4.39 Å². The lowest BCUT2D eigenvalue weighted by atomic mass is 9.74. The molecule has 2 saturated carbocycles. The number of benzene rings is 1. The third-order valence-corrected chi connectivity index (χ3v) is 7.88. The molecule has 0 unspecified atom stereocenters. The van der Waals surface area contributed by atoms with Gasteiger partial charge in [0, 0.05) is 0 Å². The van der Waals surface area contributed by atoms with Gasteiger partial charge in [-0.05, 0) is 79.9 Å². The van der Waals surface area contributed by atoms with Crippen LogP contribution in [0.5, 0.6) is 0 Å². The van der Waals surface area contributed by atoms with Crippen molar-refractivity contribution in [1.82, 2.24) is 0 Å². The maximum atomic E-state index is 11.9. The molecule has 3 rings (SSSR count). The largest absolute Gasteiger partial charge is 0.216 e. The van der Waals surface area contributed by atoms with Crippen LogP contribution < -0.4 is 0 Å². The Hall–Kier alpha value is -1.62. The minimum atomic E-state index is 0.683. The van der Waals surface area contributed by atoms with Crippen molar-refractivity contribution in [2.75, 3.05) is 0 Å². The third kappa shape index (κ3) is 7.57. The average molecular weight is 410 g/mol. The van der Waals surface area contributed by atoms with Crippen LogP contribution in [0.1, 0.15) is 113 Å². The monoisotopic (exact) mass is 409 g/mol. The van der Waals surface area contributed by atoms with Gasteiger partial charge >= 0.3 is 0 Å². The number of nitriles is 1. The van der Waals surface area contributed by atoms with Crippen molar-refractivity contribution in [2.24, 2.45) is 17.8 Å². The Bertz CT molecular complexity index is 655. The highest BCUT2D eigenvalue weighted by molar-refractivity contribution is 5.33. The molecule has 0 atom stereocenters. The predicted octanol–water partition coefficient (Wildman–Crippen LogP) is 8.85. The molecule has 30 heavy (non-hydrogen) atoms. The van der Waals surface area contributed by atoms with E-state index in [1.165, 1.54) is 89.0 Å². The van der Waals surface area contributed by atoms with Gasteiger partial charge in [-0.3, -0.25) is 0 Å². The first kappa shape index (κ1) is 23.1. The first-order chi connectivity index (χ1) is 14.8. The summed E-state index contributed by atoms with van der Waals surface area (Å²) in [4.78, 5) is 0. The van der Waals surface area contributed by atoms with E-state index in [0.29, 0.717) is 12.2 Å². The zero-order valence-corrected chi connectivity index (χ0v) is 18.7. The first-order valence-electron chi connectivity index (χ1n) is 12.5. The van der Waals surface area contributed by atoms with Gasteiger partial charge in [-0.25, -0.2) is 4.39 Å². The van der Waals surface area contributed by atoms with Crippen LogP contribution in [0.15, 0.2) is 36.7 Å². The maximum Gasteiger partial charge on any atom is 0.0991 e. The molecule has 2 aliphatic carbocycles. The van der Waals surface area contributed by atoms with E-state index < -0.39 is 0 Å². The molecule has 1 aromatic carbocycles. The molecule has 0 bridgehead atoms. The van der Waals surface area contributed by atoms with Crippen molar-refractivity contribution in [1.29, 1.82) is 5.26 Å². The second-order valence-corrected chi connectivity index (χ2v) is 9.92. The van der Waals surface area contributed by atoms with Gasteiger partial charge in [-0.1, -0.05) is 76.0 Å². The summed E-state index contributed by atoms with van der Waals surface area (Å²) in [5.41, 5.74) is 2.21. The summed E-state index contributed by atoms with van der Waals surface area (Å²) >= 11 is 0. The minimum absolute atomic E-state index is 0.683. The Balaban J connectivity index is 1.25. The average Bonchev–Trinajstić information content (AvgIpc) is 2.81. The number of unbranched alkanes of at least 4 members (excludes halogenated alkanes) is 3. The van der Waals surface area contributed by atoms with Gasteiger partial charge in [0.05, 0.1) is 18.0 Å². The van der Waals surface area contributed by atoms with Gasteiger partial charge in [0.15, 0.2) is 0 Å². The lowest BCUT2D eigenvalue weighted by molar-refractivity contribution is 0.222. The van der Waals surface area contributed by atoms with E-state index in [0.717, 1.165) is 36.2 Å². The fourth-order valence-corrected chi connectivity index (χ4v) is 5.83. The van der Waals surface area contributed by atoms with Gasteiger partial charge in [0.2, 0.25) is 0 Å². The number of nitrogens with zero attached hydrogens (tertiary/aromatic N) is 1. The molecule has 0 aromatic heterocycles. The quantitative estimate of drug-likeness (QED) is 0.354. The van der Waals surface area contributed by atoms with E-state index in [-0.39, 0.29) is 0 Å². The normalized spacial score (nSPS) is 27.2. The zero-order chi connectivity index (χ0) is 21.0. The second kappa shape index (κ2) is 12.9. The van der Waals surface area contributed by atoms with Gasteiger partial charge in [-0.2, -0.15) is 5.26 Å². The Labute approximate surface area is 183 Å². The summed E-state index contributed by atoms with van der Waals surface area (Å²) in [6.07, 6.45) is 22.5. The zero-order valence-electron chi connectivity index (χ0n) is 18.7. The molecule has 0 spiro atoms. The van der Waals surface area contributed by atoms with E-state index in [1.807, 2.05) is 12.1 Å². The Morgan fingerprint density at radius 2 is 1.33 bits per heavy atom. The molecule has 0 saturated heterocycles. The van der Waals surface area contributed by atoms with Crippen LogP contribution >= 0.6 is 0 Å². The summed E-state index contributed by atoms with van der Waals surface area (Å²) in [6, 6.07) is 10.5. The maximum absolute atomic E-state index is 11.9. The van der Waals surface area contributed by atoms with Crippen molar-refractivity contribution in [3.05, 3.63) is 47.8 Å². The molecule has 0 amide bonds. The molecule has 2 fully saturated rings. The highest BCUT2D eigenvalue weighted by Gasteiger charge is 2.25. The molecular formula is C28H40FN. The molecule has 164 valence electrons. The van der Waals surface area contributed by atoms with E-state index in [4.69, 9.17) is 5.26 Å². The molecule has 1 nitrogen and oxygen atoms in total.